The fraction of sp³-hybridized carbons (Fsp3) is 0.280. The van der Waals surface area contributed by atoms with Crippen LogP contribution in [0.15, 0.2) is 71.1 Å². The number of esters is 1. The minimum atomic E-state index is -0.498. The summed E-state index contributed by atoms with van der Waals surface area (Å²) in [7, 11) is 0. The number of rotatable bonds is 4. The van der Waals surface area contributed by atoms with Crippen molar-refractivity contribution >= 4 is 11.8 Å². The Morgan fingerprint density at radius 3 is 2.74 bits per heavy atom. The molecule has 3 aliphatic rings. The molecule has 0 amide bonds. The molecule has 0 fully saturated rings. The number of hydrogen-bond donors (Lipinski definition) is 1. The Morgan fingerprint density at radius 1 is 1.10 bits per heavy atom. The Balaban J connectivity index is 1.53. The second kappa shape index (κ2) is 7.95. The van der Waals surface area contributed by atoms with Crippen LogP contribution in [-0.4, -0.2) is 18.5 Å². The van der Waals surface area contributed by atoms with Crippen molar-refractivity contribution < 1.29 is 23.8 Å². The van der Waals surface area contributed by atoms with E-state index in [1.807, 2.05) is 55.5 Å². The molecule has 2 aliphatic heterocycles. The van der Waals surface area contributed by atoms with Gasteiger partial charge in [0.2, 0.25) is 6.79 Å². The van der Waals surface area contributed by atoms with Gasteiger partial charge in [-0.15, -0.1) is 0 Å². The number of ether oxygens (including phenoxy) is 3. The molecule has 1 N–H and O–H groups in total. The van der Waals surface area contributed by atoms with Crippen molar-refractivity contribution in [2.75, 3.05) is 6.79 Å². The molecule has 158 valence electrons. The lowest BCUT2D eigenvalue weighted by atomic mass is 9.75. The molecule has 6 heteroatoms. The summed E-state index contributed by atoms with van der Waals surface area (Å²) in [5.41, 5.74) is 4.46. The van der Waals surface area contributed by atoms with Gasteiger partial charge in [-0.3, -0.25) is 4.79 Å². The normalized spacial score (nSPS) is 19.8. The average molecular weight is 417 g/mol. The van der Waals surface area contributed by atoms with Crippen LogP contribution >= 0.6 is 0 Å². The highest BCUT2D eigenvalue weighted by Crippen LogP contribution is 2.45. The first kappa shape index (κ1) is 19.4. The monoisotopic (exact) mass is 417 g/mol. The molecule has 6 nitrogen and oxygen atoms in total. The maximum atomic E-state index is 13.3. The molecular formula is C25H23NO5. The standard InChI is InChI=1S/C25H23NO5/c1-15-22(25(28)29-13-16-6-3-2-4-7-16)23(24-18(26-15)8-5-9-19(24)27)17-10-11-20-21(12-17)31-14-30-20/h2-4,6-7,10-12,23,26H,5,8-9,13-14H2,1H3/t23-/m1/s1. The van der Waals surface area contributed by atoms with Crippen LogP contribution < -0.4 is 14.8 Å². The molecule has 0 spiro atoms. The van der Waals surface area contributed by atoms with Gasteiger partial charge in [0, 0.05) is 29.3 Å². The van der Waals surface area contributed by atoms with Gasteiger partial charge in [0.05, 0.1) is 5.57 Å². The first-order valence-electron chi connectivity index (χ1n) is 10.5. The Morgan fingerprint density at radius 2 is 1.90 bits per heavy atom. The van der Waals surface area contributed by atoms with E-state index in [2.05, 4.69) is 5.32 Å². The van der Waals surface area contributed by atoms with Crippen LogP contribution in [0.1, 0.15) is 43.2 Å². The van der Waals surface area contributed by atoms with Gasteiger partial charge >= 0.3 is 5.97 Å². The van der Waals surface area contributed by atoms with Crippen LogP contribution in [0.4, 0.5) is 0 Å². The van der Waals surface area contributed by atoms with Gasteiger partial charge in [-0.25, -0.2) is 4.79 Å². The van der Waals surface area contributed by atoms with E-state index >= 15 is 0 Å². The summed E-state index contributed by atoms with van der Waals surface area (Å²) in [5.74, 6) is 0.424. The lowest BCUT2D eigenvalue weighted by Crippen LogP contribution is -2.34. The number of hydrogen-bond acceptors (Lipinski definition) is 6. The highest BCUT2D eigenvalue weighted by Gasteiger charge is 2.39. The number of carbonyl (C=O) groups is 2. The van der Waals surface area contributed by atoms with E-state index in [0.29, 0.717) is 34.8 Å². The molecule has 0 saturated carbocycles. The minimum Gasteiger partial charge on any atom is -0.457 e. The smallest absolute Gasteiger partial charge is 0.337 e. The lowest BCUT2D eigenvalue weighted by Gasteiger charge is -2.34. The number of allylic oxidation sites excluding steroid dienone is 3. The van der Waals surface area contributed by atoms with Gasteiger partial charge in [-0.1, -0.05) is 36.4 Å². The summed E-state index contributed by atoms with van der Waals surface area (Å²) in [6.07, 6.45) is 2.07. The molecule has 0 bridgehead atoms. The lowest BCUT2D eigenvalue weighted by molar-refractivity contribution is -0.140. The van der Waals surface area contributed by atoms with Gasteiger partial charge in [0.1, 0.15) is 6.61 Å². The SMILES string of the molecule is CC1=C(C(=O)OCc2ccccc2)[C@@H](c2ccc3c(c2)OCO3)C2=C(CCCC2=O)N1. The number of ketones is 1. The average Bonchev–Trinajstić information content (AvgIpc) is 3.25. The summed E-state index contributed by atoms with van der Waals surface area (Å²) in [4.78, 5) is 26.2. The molecule has 0 radical (unpaired) electrons. The predicted molar refractivity (Wildman–Crippen MR) is 113 cm³/mol. The molecule has 0 unspecified atom stereocenters. The Bertz CT molecular complexity index is 1120. The third-order valence-electron chi connectivity index (χ3n) is 5.94. The summed E-state index contributed by atoms with van der Waals surface area (Å²) < 4.78 is 16.7. The number of Topliss-reactive ketones (excluding diaryl/α,β-unsaturated/α-hetero) is 1. The zero-order valence-corrected chi connectivity index (χ0v) is 17.3. The zero-order valence-electron chi connectivity index (χ0n) is 17.3. The maximum Gasteiger partial charge on any atom is 0.337 e. The van der Waals surface area contributed by atoms with Gasteiger partial charge in [0.25, 0.3) is 0 Å². The number of fused-ring (bicyclic) bond motifs is 1. The first-order valence-corrected chi connectivity index (χ1v) is 10.5. The number of benzene rings is 2. The molecule has 0 saturated heterocycles. The molecule has 2 heterocycles. The summed E-state index contributed by atoms with van der Waals surface area (Å²) in [6, 6.07) is 15.1. The van der Waals surface area contributed by atoms with Crippen LogP contribution in [0.5, 0.6) is 11.5 Å². The fourth-order valence-corrected chi connectivity index (χ4v) is 4.48. The molecule has 0 aromatic heterocycles. The molecule has 31 heavy (non-hydrogen) atoms. The highest BCUT2D eigenvalue weighted by atomic mass is 16.7. The molecule has 1 aliphatic carbocycles. The van der Waals surface area contributed by atoms with E-state index in [9.17, 15) is 9.59 Å². The minimum absolute atomic E-state index is 0.0669. The molecule has 5 rings (SSSR count). The predicted octanol–water partition coefficient (Wildman–Crippen LogP) is 4.13. The second-order valence-corrected chi connectivity index (χ2v) is 7.94. The van der Waals surface area contributed by atoms with E-state index in [4.69, 9.17) is 14.2 Å². The fourth-order valence-electron chi connectivity index (χ4n) is 4.48. The topological polar surface area (TPSA) is 73.9 Å². The molecule has 2 aromatic rings. The largest absolute Gasteiger partial charge is 0.457 e. The van der Waals surface area contributed by atoms with Crippen molar-refractivity contribution in [3.63, 3.8) is 0 Å². The van der Waals surface area contributed by atoms with Crippen molar-refractivity contribution in [3.8, 4) is 11.5 Å². The van der Waals surface area contributed by atoms with Crippen molar-refractivity contribution in [2.24, 2.45) is 0 Å². The molecule has 1 atom stereocenters. The highest BCUT2D eigenvalue weighted by molar-refractivity contribution is 6.03. The Kier molecular flexibility index (Phi) is 4.98. The third kappa shape index (κ3) is 3.58. The number of dihydropyridines is 1. The van der Waals surface area contributed by atoms with E-state index in [1.54, 1.807) is 0 Å². The summed E-state index contributed by atoms with van der Waals surface area (Å²) >= 11 is 0. The third-order valence-corrected chi connectivity index (χ3v) is 5.94. The second-order valence-electron chi connectivity index (χ2n) is 7.94. The number of nitrogens with one attached hydrogen (secondary N) is 1. The van der Waals surface area contributed by atoms with Crippen molar-refractivity contribution in [2.45, 2.75) is 38.7 Å². The first-order chi connectivity index (χ1) is 15.1. The zero-order chi connectivity index (χ0) is 21.4. The molecule has 2 aromatic carbocycles. The van der Waals surface area contributed by atoms with E-state index < -0.39 is 11.9 Å². The van der Waals surface area contributed by atoms with E-state index in [0.717, 1.165) is 29.7 Å². The molecular weight excluding hydrogens is 394 g/mol. The van der Waals surface area contributed by atoms with E-state index in [-0.39, 0.29) is 19.2 Å². The van der Waals surface area contributed by atoms with E-state index in [1.165, 1.54) is 0 Å². The van der Waals surface area contributed by atoms with Crippen LogP contribution in [0.3, 0.4) is 0 Å². The quantitative estimate of drug-likeness (QED) is 0.755. The van der Waals surface area contributed by atoms with Crippen LogP contribution in [0, 0.1) is 0 Å². The van der Waals surface area contributed by atoms with Gasteiger partial charge < -0.3 is 19.5 Å². The number of carbonyl (C=O) groups excluding carboxylic acids is 2. The van der Waals surface area contributed by atoms with Crippen LogP contribution in [0.25, 0.3) is 0 Å². The maximum absolute atomic E-state index is 13.3. The Hall–Kier alpha value is -3.54. The van der Waals surface area contributed by atoms with Crippen LogP contribution in [0.2, 0.25) is 0 Å². The van der Waals surface area contributed by atoms with Gasteiger partial charge in [0.15, 0.2) is 17.3 Å². The van der Waals surface area contributed by atoms with Gasteiger partial charge in [-0.05, 0) is 43.0 Å². The van der Waals surface area contributed by atoms with Crippen molar-refractivity contribution in [1.82, 2.24) is 5.32 Å². The van der Waals surface area contributed by atoms with Crippen LogP contribution in [-0.2, 0) is 20.9 Å². The Labute approximate surface area is 180 Å². The summed E-state index contributed by atoms with van der Waals surface area (Å²) in [5, 5.41) is 3.31. The van der Waals surface area contributed by atoms with Crippen molar-refractivity contribution in [1.29, 1.82) is 0 Å². The van der Waals surface area contributed by atoms with Gasteiger partial charge in [-0.2, -0.15) is 0 Å². The van der Waals surface area contributed by atoms with Crippen molar-refractivity contribution in [3.05, 3.63) is 82.2 Å². The summed E-state index contributed by atoms with van der Waals surface area (Å²) in [6.45, 7) is 2.20.